The largest absolute Gasteiger partial charge is 0.496 e. The van der Waals surface area contributed by atoms with Gasteiger partial charge in [0.15, 0.2) is 0 Å². The van der Waals surface area contributed by atoms with E-state index in [1.54, 1.807) is 13.2 Å². The Bertz CT molecular complexity index is 616. The summed E-state index contributed by atoms with van der Waals surface area (Å²) in [6.07, 6.45) is 0. The first kappa shape index (κ1) is 15.6. The minimum Gasteiger partial charge on any atom is -0.496 e. The van der Waals surface area contributed by atoms with Crippen molar-refractivity contribution in [2.24, 2.45) is 0 Å². The highest BCUT2D eigenvalue weighted by atomic mass is 16.5. The van der Waals surface area contributed by atoms with Crippen LogP contribution in [0.25, 0.3) is 11.1 Å². The second-order valence-corrected chi connectivity index (χ2v) is 6.14. The topological polar surface area (TPSA) is 49.7 Å². The molecule has 0 saturated carbocycles. The lowest BCUT2D eigenvalue weighted by Gasteiger charge is -2.23. The first-order chi connectivity index (χ1) is 9.84. The summed E-state index contributed by atoms with van der Waals surface area (Å²) in [5.41, 5.74) is 3.18. The molecule has 2 rings (SSSR count). The van der Waals surface area contributed by atoms with E-state index in [1.807, 2.05) is 30.3 Å². The summed E-state index contributed by atoms with van der Waals surface area (Å²) in [6, 6.07) is 13.7. The third-order valence-electron chi connectivity index (χ3n) is 3.55. The highest BCUT2D eigenvalue weighted by molar-refractivity contribution is 6.60. The summed E-state index contributed by atoms with van der Waals surface area (Å²) in [5, 5.41) is 19.3. The van der Waals surface area contributed by atoms with Gasteiger partial charge in [-0.15, -0.1) is 0 Å². The molecule has 0 aliphatic carbocycles. The van der Waals surface area contributed by atoms with Gasteiger partial charge < -0.3 is 14.8 Å². The number of methoxy groups -OCH3 is 1. The van der Waals surface area contributed by atoms with Crippen LogP contribution in [0, 0.1) is 0 Å². The van der Waals surface area contributed by atoms with E-state index in [-0.39, 0.29) is 5.41 Å². The van der Waals surface area contributed by atoms with Gasteiger partial charge in [0.2, 0.25) is 0 Å². The molecule has 0 aliphatic heterocycles. The molecule has 3 nitrogen and oxygen atoms in total. The Morgan fingerprint density at radius 1 is 1.00 bits per heavy atom. The molecule has 0 bridgehead atoms. The fourth-order valence-corrected chi connectivity index (χ4v) is 2.34. The zero-order chi connectivity index (χ0) is 15.6. The minimum absolute atomic E-state index is 0.0978. The zero-order valence-electron chi connectivity index (χ0n) is 12.9. The van der Waals surface area contributed by atoms with Gasteiger partial charge in [-0.3, -0.25) is 0 Å². The van der Waals surface area contributed by atoms with Gasteiger partial charge in [0, 0.05) is 11.0 Å². The Balaban J connectivity index is 2.75. The zero-order valence-corrected chi connectivity index (χ0v) is 12.9. The van der Waals surface area contributed by atoms with Crippen molar-refractivity contribution < 1.29 is 14.8 Å². The summed E-state index contributed by atoms with van der Waals surface area (Å²) in [7, 11) is -0.0190. The molecule has 2 aromatic rings. The van der Waals surface area contributed by atoms with Crippen LogP contribution in [0.4, 0.5) is 0 Å². The van der Waals surface area contributed by atoms with E-state index in [0.29, 0.717) is 11.2 Å². The van der Waals surface area contributed by atoms with Crippen LogP contribution in [-0.2, 0) is 5.41 Å². The van der Waals surface area contributed by atoms with Gasteiger partial charge in [-0.25, -0.2) is 0 Å². The van der Waals surface area contributed by atoms with Gasteiger partial charge in [0.25, 0.3) is 0 Å². The Kier molecular flexibility index (Phi) is 4.40. The normalized spacial score (nSPS) is 11.3. The van der Waals surface area contributed by atoms with Crippen LogP contribution in [-0.4, -0.2) is 24.3 Å². The average molecular weight is 284 g/mol. The fraction of sp³-hybridized carbons (Fsp3) is 0.294. The van der Waals surface area contributed by atoms with Crippen LogP contribution in [0.3, 0.4) is 0 Å². The van der Waals surface area contributed by atoms with Crippen LogP contribution in [0.2, 0.25) is 0 Å². The van der Waals surface area contributed by atoms with Crippen molar-refractivity contribution in [3.8, 4) is 16.9 Å². The van der Waals surface area contributed by atoms with Gasteiger partial charge in [-0.1, -0.05) is 57.2 Å². The van der Waals surface area contributed by atoms with Crippen LogP contribution in [0.5, 0.6) is 5.75 Å². The monoisotopic (exact) mass is 284 g/mol. The van der Waals surface area contributed by atoms with E-state index in [9.17, 15) is 10.0 Å². The summed E-state index contributed by atoms with van der Waals surface area (Å²) in [4.78, 5) is 0. The van der Waals surface area contributed by atoms with Crippen molar-refractivity contribution in [1.29, 1.82) is 0 Å². The summed E-state index contributed by atoms with van der Waals surface area (Å²) < 4.78 is 5.44. The van der Waals surface area contributed by atoms with Gasteiger partial charge in [-0.05, 0) is 22.6 Å². The molecule has 0 fully saturated rings. The third-order valence-corrected chi connectivity index (χ3v) is 3.55. The summed E-state index contributed by atoms with van der Waals surface area (Å²) in [6.45, 7) is 6.28. The maximum Gasteiger partial charge on any atom is 0.492 e. The molecule has 0 radical (unpaired) electrons. The number of hydrogen-bond donors (Lipinski definition) is 2. The minimum atomic E-state index is -1.57. The molecule has 0 heterocycles. The third kappa shape index (κ3) is 3.28. The Morgan fingerprint density at radius 3 is 2.10 bits per heavy atom. The van der Waals surface area contributed by atoms with Gasteiger partial charge in [-0.2, -0.15) is 0 Å². The van der Waals surface area contributed by atoms with Crippen LogP contribution in [0.15, 0.2) is 42.5 Å². The maximum absolute atomic E-state index is 9.67. The van der Waals surface area contributed by atoms with Gasteiger partial charge in [0.05, 0.1) is 7.11 Å². The standard InChI is InChI=1S/C17H21BO3/c1-17(2,3)13-10-14(12-8-6-5-7-9-12)16(21-4)15(11-13)18(19)20/h5-11,19-20H,1-4H3. The number of benzene rings is 2. The van der Waals surface area contributed by atoms with Crippen molar-refractivity contribution >= 4 is 12.6 Å². The molecule has 0 atom stereocenters. The van der Waals surface area contributed by atoms with E-state index in [1.165, 1.54) is 0 Å². The van der Waals surface area contributed by atoms with Crippen LogP contribution < -0.4 is 10.2 Å². The predicted octanol–water partition coefficient (Wildman–Crippen LogP) is 2.34. The maximum atomic E-state index is 9.67. The van der Waals surface area contributed by atoms with E-state index in [0.717, 1.165) is 16.7 Å². The fourth-order valence-electron chi connectivity index (χ4n) is 2.34. The Morgan fingerprint density at radius 2 is 1.62 bits per heavy atom. The predicted molar refractivity (Wildman–Crippen MR) is 87.0 cm³/mol. The van der Waals surface area contributed by atoms with Crippen LogP contribution in [0.1, 0.15) is 26.3 Å². The highest BCUT2D eigenvalue weighted by Crippen LogP contribution is 2.33. The van der Waals surface area contributed by atoms with E-state index < -0.39 is 7.12 Å². The molecule has 0 aliphatic rings. The van der Waals surface area contributed by atoms with Crippen molar-refractivity contribution in [1.82, 2.24) is 0 Å². The van der Waals surface area contributed by atoms with Gasteiger partial charge in [0.1, 0.15) is 5.75 Å². The first-order valence-corrected chi connectivity index (χ1v) is 6.98. The Hall–Kier alpha value is -1.78. The molecule has 0 spiro atoms. The van der Waals surface area contributed by atoms with Crippen molar-refractivity contribution in [3.63, 3.8) is 0 Å². The number of rotatable bonds is 3. The quantitative estimate of drug-likeness (QED) is 0.851. The van der Waals surface area contributed by atoms with Crippen molar-refractivity contribution in [2.75, 3.05) is 7.11 Å². The molecule has 0 unspecified atom stereocenters. The molecule has 0 aromatic heterocycles. The lowest BCUT2D eigenvalue weighted by Crippen LogP contribution is -2.33. The van der Waals surface area contributed by atoms with E-state index in [2.05, 4.69) is 26.8 Å². The summed E-state index contributed by atoms with van der Waals surface area (Å²) in [5.74, 6) is 0.504. The summed E-state index contributed by atoms with van der Waals surface area (Å²) >= 11 is 0. The Labute approximate surface area is 126 Å². The van der Waals surface area contributed by atoms with Crippen molar-refractivity contribution in [2.45, 2.75) is 26.2 Å². The molecular formula is C17H21BO3. The lowest BCUT2D eigenvalue weighted by atomic mass is 9.73. The van der Waals surface area contributed by atoms with E-state index in [4.69, 9.17) is 4.74 Å². The molecule has 0 saturated heterocycles. The smallest absolute Gasteiger partial charge is 0.492 e. The average Bonchev–Trinajstić information content (AvgIpc) is 2.45. The second kappa shape index (κ2) is 5.92. The molecular weight excluding hydrogens is 263 g/mol. The first-order valence-electron chi connectivity index (χ1n) is 6.98. The molecule has 0 amide bonds. The molecule has 2 N–H and O–H groups in total. The van der Waals surface area contributed by atoms with E-state index >= 15 is 0 Å². The van der Waals surface area contributed by atoms with Gasteiger partial charge >= 0.3 is 7.12 Å². The molecule has 2 aromatic carbocycles. The SMILES string of the molecule is COc1c(B(O)O)cc(C(C)(C)C)cc1-c1ccccc1. The second-order valence-electron chi connectivity index (χ2n) is 6.14. The number of ether oxygens (including phenoxy) is 1. The molecule has 21 heavy (non-hydrogen) atoms. The highest BCUT2D eigenvalue weighted by Gasteiger charge is 2.25. The molecule has 110 valence electrons. The number of hydrogen-bond acceptors (Lipinski definition) is 3. The molecule has 4 heteroatoms. The van der Waals surface area contributed by atoms with Crippen molar-refractivity contribution in [3.05, 3.63) is 48.0 Å². The lowest BCUT2D eigenvalue weighted by molar-refractivity contribution is 0.403. The van der Waals surface area contributed by atoms with Crippen LogP contribution >= 0.6 is 0 Å².